The highest BCUT2D eigenvalue weighted by molar-refractivity contribution is 6.05. The number of benzene rings is 2. The number of hydrogen-bond donors (Lipinski definition) is 2. The lowest BCUT2D eigenvalue weighted by Gasteiger charge is -2.07. The Hall–Kier alpha value is -2.88. The Kier molecular flexibility index (Phi) is 5.69. The van der Waals surface area contributed by atoms with Crippen LogP contribution in [0.2, 0.25) is 0 Å². The molecule has 0 aliphatic heterocycles. The standard InChI is InChI=1S/C19H20N2O2/c1-3-4-8-18(22)20-16-11-9-15(10-12-16)19(23)21-17-7-5-6-14(2)13-17/h4-13H,3H2,1-2H3,(H,20,22)(H,21,23)/b8-4+. The number of rotatable bonds is 5. The number of allylic oxidation sites excluding steroid dienone is 1. The van der Waals surface area contributed by atoms with E-state index in [0.717, 1.165) is 17.7 Å². The lowest BCUT2D eigenvalue weighted by Crippen LogP contribution is -2.12. The molecule has 0 radical (unpaired) electrons. The Balaban J connectivity index is 2.00. The van der Waals surface area contributed by atoms with Gasteiger partial charge in [0.25, 0.3) is 5.91 Å². The molecule has 4 heteroatoms. The van der Waals surface area contributed by atoms with Crippen LogP contribution in [0.25, 0.3) is 0 Å². The monoisotopic (exact) mass is 308 g/mol. The van der Waals surface area contributed by atoms with E-state index in [9.17, 15) is 9.59 Å². The van der Waals surface area contributed by atoms with Crippen LogP contribution in [0.5, 0.6) is 0 Å². The molecule has 2 rings (SSSR count). The first-order chi connectivity index (χ1) is 11.1. The van der Waals surface area contributed by atoms with Crippen molar-refractivity contribution in [3.05, 3.63) is 71.8 Å². The maximum absolute atomic E-state index is 12.2. The van der Waals surface area contributed by atoms with Gasteiger partial charge in [-0.2, -0.15) is 0 Å². The molecule has 0 aromatic heterocycles. The van der Waals surface area contributed by atoms with Crippen LogP contribution in [0, 0.1) is 6.92 Å². The zero-order valence-corrected chi connectivity index (χ0v) is 13.3. The van der Waals surface area contributed by atoms with E-state index in [-0.39, 0.29) is 11.8 Å². The van der Waals surface area contributed by atoms with Crippen LogP contribution in [-0.4, -0.2) is 11.8 Å². The molecule has 0 atom stereocenters. The van der Waals surface area contributed by atoms with Crippen LogP contribution in [0.4, 0.5) is 11.4 Å². The van der Waals surface area contributed by atoms with Gasteiger partial charge < -0.3 is 10.6 Å². The second-order valence-corrected chi connectivity index (χ2v) is 5.20. The lowest BCUT2D eigenvalue weighted by molar-refractivity contribution is -0.111. The Morgan fingerprint density at radius 1 is 1.00 bits per heavy atom. The average Bonchev–Trinajstić information content (AvgIpc) is 2.53. The fraction of sp³-hybridized carbons (Fsp3) is 0.158. The normalized spacial score (nSPS) is 10.5. The average molecular weight is 308 g/mol. The first-order valence-corrected chi connectivity index (χ1v) is 7.54. The van der Waals surface area contributed by atoms with Gasteiger partial charge in [0, 0.05) is 16.9 Å². The lowest BCUT2D eigenvalue weighted by atomic mass is 10.1. The molecule has 0 heterocycles. The second kappa shape index (κ2) is 7.94. The Morgan fingerprint density at radius 3 is 2.39 bits per heavy atom. The first kappa shape index (κ1) is 16.5. The van der Waals surface area contributed by atoms with E-state index in [1.165, 1.54) is 6.08 Å². The third kappa shape index (κ3) is 5.11. The van der Waals surface area contributed by atoms with Crippen molar-refractivity contribution in [2.45, 2.75) is 20.3 Å². The molecule has 0 fully saturated rings. The van der Waals surface area contributed by atoms with Gasteiger partial charge in [0.2, 0.25) is 5.91 Å². The van der Waals surface area contributed by atoms with Crippen molar-refractivity contribution < 1.29 is 9.59 Å². The molecule has 23 heavy (non-hydrogen) atoms. The van der Waals surface area contributed by atoms with Crippen LogP contribution in [0.3, 0.4) is 0 Å². The van der Waals surface area contributed by atoms with Crippen LogP contribution in [-0.2, 0) is 4.79 Å². The highest BCUT2D eigenvalue weighted by Crippen LogP contribution is 2.14. The van der Waals surface area contributed by atoms with Crippen molar-refractivity contribution in [1.82, 2.24) is 0 Å². The molecule has 0 saturated heterocycles. The van der Waals surface area contributed by atoms with Gasteiger partial charge in [-0.05, 0) is 61.4 Å². The van der Waals surface area contributed by atoms with E-state index in [1.807, 2.05) is 38.1 Å². The maximum Gasteiger partial charge on any atom is 0.255 e. The summed E-state index contributed by atoms with van der Waals surface area (Å²) in [5.41, 5.74) is 3.04. The molecule has 0 bridgehead atoms. The highest BCUT2D eigenvalue weighted by Gasteiger charge is 2.06. The minimum absolute atomic E-state index is 0.177. The van der Waals surface area contributed by atoms with Gasteiger partial charge in [0.1, 0.15) is 0 Å². The van der Waals surface area contributed by atoms with Crippen LogP contribution in [0.15, 0.2) is 60.7 Å². The summed E-state index contributed by atoms with van der Waals surface area (Å²) >= 11 is 0. The fourth-order valence-electron chi connectivity index (χ4n) is 2.04. The van der Waals surface area contributed by atoms with E-state index in [4.69, 9.17) is 0 Å². The van der Waals surface area contributed by atoms with Crippen LogP contribution < -0.4 is 10.6 Å². The molecule has 2 aromatic rings. The molecule has 4 nitrogen and oxygen atoms in total. The van der Waals surface area contributed by atoms with E-state index < -0.39 is 0 Å². The van der Waals surface area contributed by atoms with Crippen molar-refractivity contribution in [2.24, 2.45) is 0 Å². The van der Waals surface area contributed by atoms with Crippen molar-refractivity contribution >= 4 is 23.2 Å². The fourth-order valence-corrected chi connectivity index (χ4v) is 2.04. The molecular weight excluding hydrogens is 288 g/mol. The summed E-state index contributed by atoms with van der Waals surface area (Å²) in [4.78, 5) is 23.8. The summed E-state index contributed by atoms with van der Waals surface area (Å²) in [6, 6.07) is 14.4. The predicted octanol–water partition coefficient (Wildman–Crippen LogP) is 4.15. The molecular formula is C19H20N2O2. The Labute approximate surface area is 136 Å². The Bertz CT molecular complexity index is 718. The van der Waals surface area contributed by atoms with Gasteiger partial charge in [0.15, 0.2) is 0 Å². The van der Waals surface area contributed by atoms with Crippen molar-refractivity contribution in [1.29, 1.82) is 0 Å². The molecule has 2 aromatic carbocycles. The molecule has 0 spiro atoms. The molecule has 0 unspecified atom stereocenters. The van der Waals surface area contributed by atoms with Gasteiger partial charge in [-0.1, -0.05) is 25.1 Å². The van der Waals surface area contributed by atoms with Crippen molar-refractivity contribution in [3.63, 3.8) is 0 Å². The third-order valence-corrected chi connectivity index (χ3v) is 3.20. The minimum Gasteiger partial charge on any atom is -0.323 e. The molecule has 2 N–H and O–H groups in total. The highest BCUT2D eigenvalue weighted by atomic mass is 16.2. The number of aryl methyl sites for hydroxylation is 1. The Morgan fingerprint density at radius 2 is 1.74 bits per heavy atom. The topological polar surface area (TPSA) is 58.2 Å². The molecule has 0 aliphatic carbocycles. The molecule has 2 amide bonds. The van der Waals surface area contributed by atoms with Gasteiger partial charge in [-0.25, -0.2) is 0 Å². The number of nitrogens with one attached hydrogen (secondary N) is 2. The van der Waals surface area contributed by atoms with Crippen LogP contribution >= 0.6 is 0 Å². The van der Waals surface area contributed by atoms with E-state index in [2.05, 4.69) is 10.6 Å². The predicted molar refractivity (Wildman–Crippen MR) is 93.6 cm³/mol. The van der Waals surface area contributed by atoms with E-state index in [0.29, 0.717) is 11.3 Å². The third-order valence-electron chi connectivity index (χ3n) is 3.20. The van der Waals surface area contributed by atoms with Crippen molar-refractivity contribution in [2.75, 3.05) is 10.6 Å². The smallest absolute Gasteiger partial charge is 0.255 e. The zero-order valence-electron chi connectivity index (χ0n) is 13.3. The summed E-state index contributed by atoms with van der Waals surface area (Å²) in [5.74, 6) is -0.358. The number of hydrogen-bond acceptors (Lipinski definition) is 2. The maximum atomic E-state index is 12.2. The summed E-state index contributed by atoms with van der Waals surface area (Å²) in [6.07, 6.45) is 4.10. The van der Waals surface area contributed by atoms with Crippen LogP contribution in [0.1, 0.15) is 29.3 Å². The quantitative estimate of drug-likeness (QED) is 0.815. The summed E-state index contributed by atoms with van der Waals surface area (Å²) in [7, 11) is 0. The van der Waals surface area contributed by atoms with E-state index in [1.54, 1.807) is 30.3 Å². The minimum atomic E-state index is -0.181. The number of anilines is 2. The van der Waals surface area contributed by atoms with Crippen molar-refractivity contribution in [3.8, 4) is 0 Å². The SMILES string of the molecule is CC/C=C/C(=O)Nc1ccc(C(=O)Nc2cccc(C)c2)cc1. The summed E-state index contributed by atoms with van der Waals surface area (Å²) in [5, 5.41) is 5.59. The molecule has 0 aliphatic rings. The number of carbonyl (C=O) groups is 2. The first-order valence-electron chi connectivity index (χ1n) is 7.54. The zero-order chi connectivity index (χ0) is 16.7. The van der Waals surface area contributed by atoms with Gasteiger partial charge in [0.05, 0.1) is 0 Å². The molecule has 0 saturated carbocycles. The summed E-state index contributed by atoms with van der Waals surface area (Å²) < 4.78 is 0. The number of carbonyl (C=O) groups excluding carboxylic acids is 2. The van der Waals surface area contributed by atoms with Gasteiger partial charge in [-0.3, -0.25) is 9.59 Å². The largest absolute Gasteiger partial charge is 0.323 e. The van der Waals surface area contributed by atoms with Gasteiger partial charge in [-0.15, -0.1) is 0 Å². The second-order valence-electron chi connectivity index (χ2n) is 5.20. The van der Waals surface area contributed by atoms with Gasteiger partial charge >= 0.3 is 0 Å². The van der Waals surface area contributed by atoms with E-state index >= 15 is 0 Å². The number of amides is 2. The summed E-state index contributed by atoms with van der Waals surface area (Å²) in [6.45, 7) is 3.94. The molecule has 118 valence electrons.